The summed E-state index contributed by atoms with van der Waals surface area (Å²) >= 11 is 1.99. The second-order valence-electron chi connectivity index (χ2n) is 5.30. The molecule has 0 saturated heterocycles. The predicted octanol–water partition coefficient (Wildman–Crippen LogP) is 2.97. The molecule has 2 N–H and O–H groups in total. The van der Waals surface area contributed by atoms with Gasteiger partial charge in [0.05, 0.1) is 0 Å². The second kappa shape index (κ2) is 6.60. The van der Waals surface area contributed by atoms with Crippen molar-refractivity contribution in [2.45, 2.75) is 38.1 Å². The molecule has 18 heavy (non-hydrogen) atoms. The van der Waals surface area contributed by atoms with Gasteiger partial charge in [-0.15, -0.1) is 0 Å². The first-order valence-corrected chi connectivity index (χ1v) is 7.90. The average molecular weight is 265 g/mol. The van der Waals surface area contributed by atoms with Crippen molar-refractivity contribution in [3.8, 4) is 0 Å². The van der Waals surface area contributed by atoms with Gasteiger partial charge in [0.1, 0.15) is 0 Å². The van der Waals surface area contributed by atoms with E-state index in [9.17, 15) is 0 Å². The average Bonchev–Trinajstić information content (AvgIpc) is 2.38. The highest BCUT2D eigenvalue weighted by atomic mass is 32.2. The summed E-state index contributed by atoms with van der Waals surface area (Å²) in [5.74, 6) is 2.81. The van der Waals surface area contributed by atoms with E-state index in [1.54, 1.807) is 0 Å². The number of rotatable bonds is 5. The molecular weight excluding hydrogens is 242 g/mol. The van der Waals surface area contributed by atoms with E-state index in [1.165, 1.54) is 11.1 Å². The molecule has 0 radical (unpaired) electrons. The third kappa shape index (κ3) is 3.28. The zero-order chi connectivity index (χ0) is 13.0. The first-order valence-electron chi connectivity index (χ1n) is 6.75. The van der Waals surface area contributed by atoms with Gasteiger partial charge in [-0.05, 0) is 23.5 Å². The first-order chi connectivity index (χ1) is 8.72. The van der Waals surface area contributed by atoms with Gasteiger partial charge in [-0.25, -0.2) is 0 Å². The first kappa shape index (κ1) is 13.9. The number of nitrogens with one attached hydrogen (secondary N) is 1. The highest BCUT2D eigenvalue weighted by molar-refractivity contribution is 7.98. The van der Waals surface area contributed by atoms with Gasteiger partial charge in [0, 0.05) is 30.2 Å². The van der Waals surface area contributed by atoms with E-state index >= 15 is 0 Å². The molecule has 2 atom stereocenters. The Bertz CT molecular complexity index is 381. The second-order valence-corrected chi connectivity index (χ2v) is 6.33. The summed E-state index contributed by atoms with van der Waals surface area (Å²) in [6.45, 7) is 4.70. The van der Waals surface area contributed by atoms with E-state index in [2.05, 4.69) is 43.4 Å². The molecule has 0 saturated carbocycles. The molecule has 0 amide bonds. The van der Waals surface area contributed by atoms with E-state index in [0.29, 0.717) is 18.0 Å². The normalized spacial score (nSPS) is 20.8. The highest BCUT2D eigenvalue weighted by Gasteiger charge is 2.23. The number of benzene rings is 1. The molecule has 1 aromatic rings. The Balaban J connectivity index is 2.10. The standard InChI is InChI=1S/C15H23NOS/c1-11(2)14(7-8-17)16-15-10-18-9-12-5-3-4-6-13(12)15/h3-6,11,14-17H,7-10H2,1-2H3. The maximum absolute atomic E-state index is 9.17. The zero-order valence-electron chi connectivity index (χ0n) is 11.2. The lowest BCUT2D eigenvalue weighted by atomic mass is 9.96. The molecule has 0 aliphatic carbocycles. The topological polar surface area (TPSA) is 32.3 Å². The van der Waals surface area contributed by atoms with Crippen LogP contribution in [0.3, 0.4) is 0 Å². The van der Waals surface area contributed by atoms with Crippen LogP contribution < -0.4 is 5.32 Å². The van der Waals surface area contributed by atoms with E-state index in [4.69, 9.17) is 5.11 Å². The summed E-state index contributed by atoms with van der Waals surface area (Å²) in [6, 6.07) is 9.54. The van der Waals surface area contributed by atoms with Crippen LogP contribution in [0.15, 0.2) is 24.3 Å². The molecule has 1 aliphatic rings. The quantitative estimate of drug-likeness (QED) is 0.858. The zero-order valence-corrected chi connectivity index (χ0v) is 12.0. The molecule has 2 unspecified atom stereocenters. The Morgan fingerprint density at radius 2 is 2.17 bits per heavy atom. The Morgan fingerprint density at radius 3 is 2.89 bits per heavy atom. The van der Waals surface area contributed by atoms with Gasteiger partial charge in [-0.3, -0.25) is 0 Å². The van der Waals surface area contributed by atoms with Crippen LogP contribution in [0, 0.1) is 5.92 Å². The number of fused-ring (bicyclic) bond motifs is 1. The summed E-state index contributed by atoms with van der Waals surface area (Å²) in [4.78, 5) is 0. The SMILES string of the molecule is CC(C)C(CCO)NC1CSCc2ccccc21. The third-order valence-corrected chi connectivity index (χ3v) is 4.72. The highest BCUT2D eigenvalue weighted by Crippen LogP contribution is 2.32. The molecule has 100 valence electrons. The van der Waals surface area contributed by atoms with Crippen LogP contribution in [0.2, 0.25) is 0 Å². The van der Waals surface area contributed by atoms with Crippen LogP contribution in [0.5, 0.6) is 0 Å². The molecule has 1 heterocycles. The minimum absolute atomic E-state index is 0.261. The van der Waals surface area contributed by atoms with Crippen LogP contribution in [0.25, 0.3) is 0 Å². The maximum atomic E-state index is 9.17. The van der Waals surface area contributed by atoms with Crippen molar-refractivity contribution < 1.29 is 5.11 Å². The summed E-state index contributed by atoms with van der Waals surface area (Å²) in [5, 5.41) is 12.9. The summed E-state index contributed by atoms with van der Waals surface area (Å²) in [7, 11) is 0. The summed E-state index contributed by atoms with van der Waals surface area (Å²) in [6.07, 6.45) is 0.834. The molecule has 3 heteroatoms. The van der Waals surface area contributed by atoms with E-state index in [1.807, 2.05) is 11.8 Å². The van der Waals surface area contributed by atoms with Crippen molar-refractivity contribution in [3.05, 3.63) is 35.4 Å². The molecule has 0 spiro atoms. The molecular formula is C15H23NOS. The summed E-state index contributed by atoms with van der Waals surface area (Å²) in [5.41, 5.74) is 2.90. The van der Waals surface area contributed by atoms with Crippen LogP contribution in [0.4, 0.5) is 0 Å². The van der Waals surface area contributed by atoms with Crippen LogP contribution in [0.1, 0.15) is 37.4 Å². The summed E-state index contributed by atoms with van der Waals surface area (Å²) < 4.78 is 0. The fraction of sp³-hybridized carbons (Fsp3) is 0.600. The predicted molar refractivity (Wildman–Crippen MR) is 78.8 cm³/mol. The number of thioether (sulfide) groups is 1. The smallest absolute Gasteiger partial charge is 0.0445 e. The van der Waals surface area contributed by atoms with Crippen molar-refractivity contribution in [2.75, 3.05) is 12.4 Å². The Hall–Kier alpha value is -0.510. The minimum Gasteiger partial charge on any atom is -0.396 e. The lowest BCUT2D eigenvalue weighted by Crippen LogP contribution is -2.39. The van der Waals surface area contributed by atoms with Crippen molar-refractivity contribution in [1.82, 2.24) is 5.32 Å². The van der Waals surface area contributed by atoms with Crippen molar-refractivity contribution in [3.63, 3.8) is 0 Å². The van der Waals surface area contributed by atoms with Gasteiger partial charge in [0.2, 0.25) is 0 Å². The van der Waals surface area contributed by atoms with Crippen LogP contribution >= 0.6 is 11.8 Å². The van der Waals surface area contributed by atoms with Gasteiger partial charge in [0.15, 0.2) is 0 Å². The number of hydrogen-bond acceptors (Lipinski definition) is 3. The van der Waals surface area contributed by atoms with Gasteiger partial charge >= 0.3 is 0 Å². The third-order valence-electron chi connectivity index (χ3n) is 3.63. The number of aliphatic hydroxyl groups is 1. The van der Waals surface area contributed by atoms with Gasteiger partial charge in [-0.1, -0.05) is 38.1 Å². The van der Waals surface area contributed by atoms with Crippen molar-refractivity contribution in [2.24, 2.45) is 5.92 Å². The van der Waals surface area contributed by atoms with Gasteiger partial charge in [0.25, 0.3) is 0 Å². The fourth-order valence-corrected chi connectivity index (χ4v) is 3.64. The number of hydrogen-bond donors (Lipinski definition) is 2. The molecule has 2 nitrogen and oxygen atoms in total. The van der Waals surface area contributed by atoms with Gasteiger partial charge in [-0.2, -0.15) is 11.8 Å². The minimum atomic E-state index is 0.261. The lowest BCUT2D eigenvalue weighted by Gasteiger charge is -2.32. The van der Waals surface area contributed by atoms with Crippen molar-refractivity contribution in [1.29, 1.82) is 0 Å². The lowest BCUT2D eigenvalue weighted by molar-refractivity contribution is 0.237. The van der Waals surface area contributed by atoms with Crippen molar-refractivity contribution >= 4 is 11.8 Å². The molecule has 1 aromatic carbocycles. The monoisotopic (exact) mass is 265 g/mol. The fourth-order valence-electron chi connectivity index (χ4n) is 2.53. The van der Waals surface area contributed by atoms with E-state index in [0.717, 1.165) is 17.9 Å². The molecule has 1 aliphatic heterocycles. The van der Waals surface area contributed by atoms with Gasteiger partial charge < -0.3 is 10.4 Å². The van der Waals surface area contributed by atoms with Crippen LogP contribution in [-0.4, -0.2) is 23.5 Å². The molecule has 0 bridgehead atoms. The maximum Gasteiger partial charge on any atom is 0.0445 e. The largest absolute Gasteiger partial charge is 0.396 e. The molecule has 0 aromatic heterocycles. The van der Waals surface area contributed by atoms with Crippen LogP contribution in [-0.2, 0) is 5.75 Å². The molecule has 2 rings (SSSR count). The molecule has 0 fully saturated rings. The Kier molecular flexibility index (Phi) is 5.10. The van der Waals surface area contributed by atoms with E-state index in [-0.39, 0.29) is 6.61 Å². The Morgan fingerprint density at radius 1 is 1.39 bits per heavy atom. The van der Waals surface area contributed by atoms with E-state index < -0.39 is 0 Å². The number of aliphatic hydroxyl groups excluding tert-OH is 1. The Labute approximate surface area is 114 Å².